The third kappa shape index (κ3) is 2.92. The van der Waals surface area contributed by atoms with Crippen LogP contribution >= 0.6 is 0 Å². The molecule has 1 aromatic rings. The van der Waals surface area contributed by atoms with Crippen molar-refractivity contribution in [1.29, 1.82) is 0 Å². The lowest BCUT2D eigenvalue weighted by atomic mass is 10.1. The lowest BCUT2D eigenvalue weighted by Crippen LogP contribution is -2.15. The van der Waals surface area contributed by atoms with Crippen molar-refractivity contribution >= 4 is 5.97 Å². The van der Waals surface area contributed by atoms with Crippen LogP contribution in [0, 0.1) is 0 Å². The fourth-order valence-electron chi connectivity index (χ4n) is 1.05. The van der Waals surface area contributed by atoms with Crippen molar-refractivity contribution in [1.82, 2.24) is 4.98 Å². The second kappa shape index (κ2) is 5.31. The second-order valence-corrected chi connectivity index (χ2v) is 2.81. The third-order valence-corrected chi connectivity index (χ3v) is 1.80. The first kappa shape index (κ1) is 11.5. The Kier molecular flexibility index (Phi) is 4.05. The van der Waals surface area contributed by atoms with Crippen LogP contribution in [0.3, 0.4) is 0 Å². The van der Waals surface area contributed by atoms with Gasteiger partial charge in [0.05, 0.1) is 19.9 Å². The van der Waals surface area contributed by atoms with Gasteiger partial charge in [-0.25, -0.2) is 4.79 Å². The van der Waals surface area contributed by atoms with E-state index in [0.29, 0.717) is 11.3 Å². The molecule has 1 heterocycles. The average molecular weight is 211 g/mol. The monoisotopic (exact) mass is 211 g/mol. The molecule has 82 valence electrons. The van der Waals surface area contributed by atoms with E-state index in [1.807, 2.05) is 0 Å². The molecule has 0 aromatic carbocycles. The molecule has 5 heteroatoms. The Balaban J connectivity index is 2.81. The number of aliphatic hydroxyl groups is 1. The van der Waals surface area contributed by atoms with Crippen LogP contribution in [-0.4, -0.2) is 29.8 Å². The van der Waals surface area contributed by atoms with Gasteiger partial charge in [-0.1, -0.05) is 0 Å². The molecular formula is C10H13NO4. The van der Waals surface area contributed by atoms with Gasteiger partial charge in [-0.3, -0.25) is 4.98 Å². The van der Waals surface area contributed by atoms with Crippen molar-refractivity contribution in [3.05, 3.63) is 24.0 Å². The number of carbonyl (C=O) groups excluding carboxylic acids is 1. The number of aromatic nitrogens is 1. The fourth-order valence-corrected chi connectivity index (χ4v) is 1.05. The standard InChI is InChI=1S/C10H13NO4/c1-3-15-10(13)9(12)7-4-8(14-2)6-11-5-7/h4-6,9,12H,3H2,1-2H3. The van der Waals surface area contributed by atoms with Gasteiger partial charge in [-0.05, 0) is 13.0 Å². The van der Waals surface area contributed by atoms with Crippen LogP contribution in [0.2, 0.25) is 0 Å². The maximum Gasteiger partial charge on any atom is 0.339 e. The Labute approximate surface area is 87.7 Å². The minimum Gasteiger partial charge on any atom is -0.495 e. The van der Waals surface area contributed by atoms with Gasteiger partial charge in [0.15, 0.2) is 6.10 Å². The molecule has 15 heavy (non-hydrogen) atoms. The van der Waals surface area contributed by atoms with Crippen molar-refractivity contribution < 1.29 is 19.4 Å². The number of esters is 1. The number of methoxy groups -OCH3 is 1. The van der Waals surface area contributed by atoms with E-state index in [1.54, 1.807) is 6.92 Å². The molecule has 1 N–H and O–H groups in total. The highest BCUT2D eigenvalue weighted by molar-refractivity contribution is 5.76. The number of ether oxygens (including phenoxy) is 2. The fraction of sp³-hybridized carbons (Fsp3) is 0.400. The molecule has 0 aliphatic carbocycles. The third-order valence-electron chi connectivity index (χ3n) is 1.80. The first-order valence-corrected chi connectivity index (χ1v) is 4.52. The van der Waals surface area contributed by atoms with E-state index < -0.39 is 12.1 Å². The highest BCUT2D eigenvalue weighted by atomic mass is 16.5. The van der Waals surface area contributed by atoms with E-state index >= 15 is 0 Å². The number of pyridine rings is 1. The summed E-state index contributed by atoms with van der Waals surface area (Å²) in [6, 6.07) is 1.54. The summed E-state index contributed by atoms with van der Waals surface area (Å²) in [4.78, 5) is 15.0. The first-order valence-electron chi connectivity index (χ1n) is 4.52. The van der Waals surface area contributed by atoms with Crippen LogP contribution in [0.1, 0.15) is 18.6 Å². The lowest BCUT2D eigenvalue weighted by Gasteiger charge is -2.10. The zero-order chi connectivity index (χ0) is 11.3. The maximum absolute atomic E-state index is 11.2. The topological polar surface area (TPSA) is 68.7 Å². The van der Waals surface area contributed by atoms with E-state index in [9.17, 15) is 9.90 Å². The largest absolute Gasteiger partial charge is 0.495 e. The van der Waals surface area contributed by atoms with Gasteiger partial charge < -0.3 is 14.6 Å². The van der Waals surface area contributed by atoms with E-state index in [0.717, 1.165) is 0 Å². The first-order chi connectivity index (χ1) is 7.19. The van der Waals surface area contributed by atoms with Gasteiger partial charge >= 0.3 is 5.97 Å². The molecule has 0 aliphatic rings. The van der Waals surface area contributed by atoms with Crippen molar-refractivity contribution in [2.24, 2.45) is 0 Å². The van der Waals surface area contributed by atoms with E-state index in [2.05, 4.69) is 9.72 Å². The maximum atomic E-state index is 11.2. The van der Waals surface area contributed by atoms with Gasteiger partial charge in [0.1, 0.15) is 5.75 Å². The SMILES string of the molecule is CCOC(=O)C(O)c1cncc(OC)c1. The number of carbonyl (C=O) groups is 1. The van der Waals surface area contributed by atoms with Gasteiger partial charge in [-0.15, -0.1) is 0 Å². The Morgan fingerprint density at radius 3 is 2.93 bits per heavy atom. The van der Waals surface area contributed by atoms with Crippen LogP contribution in [0.4, 0.5) is 0 Å². The number of nitrogens with zero attached hydrogens (tertiary/aromatic N) is 1. The predicted octanol–water partition coefficient (Wildman–Crippen LogP) is 0.687. The summed E-state index contributed by atoms with van der Waals surface area (Å²) in [7, 11) is 1.48. The van der Waals surface area contributed by atoms with Crippen molar-refractivity contribution in [2.75, 3.05) is 13.7 Å². The molecule has 0 radical (unpaired) electrons. The summed E-state index contributed by atoms with van der Waals surface area (Å²) in [5, 5.41) is 9.57. The molecule has 5 nitrogen and oxygen atoms in total. The average Bonchev–Trinajstić information content (AvgIpc) is 2.28. The molecular weight excluding hydrogens is 198 g/mol. The van der Waals surface area contributed by atoms with Gasteiger partial charge in [-0.2, -0.15) is 0 Å². The highest BCUT2D eigenvalue weighted by Crippen LogP contribution is 2.18. The smallest absolute Gasteiger partial charge is 0.339 e. The Morgan fingerprint density at radius 1 is 1.60 bits per heavy atom. The second-order valence-electron chi connectivity index (χ2n) is 2.81. The normalized spacial score (nSPS) is 11.9. The summed E-state index contributed by atoms with van der Waals surface area (Å²) >= 11 is 0. The zero-order valence-electron chi connectivity index (χ0n) is 8.64. The van der Waals surface area contributed by atoms with Gasteiger partial charge in [0.25, 0.3) is 0 Å². The molecule has 1 atom stereocenters. The Morgan fingerprint density at radius 2 is 2.33 bits per heavy atom. The Bertz CT molecular complexity index is 340. The molecule has 0 bridgehead atoms. The van der Waals surface area contributed by atoms with Crippen molar-refractivity contribution in [2.45, 2.75) is 13.0 Å². The number of hydrogen-bond donors (Lipinski definition) is 1. The van der Waals surface area contributed by atoms with E-state index in [-0.39, 0.29) is 6.61 Å². The molecule has 0 spiro atoms. The van der Waals surface area contributed by atoms with Crippen molar-refractivity contribution in [3.63, 3.8) is 0 Å². The van der Waals surface area contributed by atoms with Crippen LogP contribution < -0.4 is 4.74 Å². The molecule has 1 unspecified atom stereocenters. The summed E-state index contributed by atoms with van der Waals surface area (Å²) < 4.78 is 9.59. The molecule has 0 fully saturated rings. The minimum absolute atomic E-state index is 0.229. The summed E-state index contributed by atoms with van der Waals surface area (Å²) in [6.45, 7) is 1.90. The van der Waals surface area contributed by atoms with Gasteiger partial charge in [0.2, 0.25) is 0 Å². The zero-order valence-corrected chi connectivity index (χ0v) is 8.64. The van der Waals surface area contributed by atoms with Crippen LogP contribution in [-0.2, 0) is 9.53 Å². The van der Waals surface area contributed by atoms with Gasteiger partial charge in [0, 0.05) is 11.8 Å². The van der Waals surface area contributed by atoms with Crippen molar-refractivity contribution in [3.8, 4) is 5.75 Å². The molecule has 0 aliphatic heterocycles. The molecule has 1 aromatic heterocycles. The Hall–Kier alpha value is -1.62. The lowest BCUT2D eigenvalue weighted by molar-refractivity contribution is -0.153. The molecule has 0 saturated heterocycles. The molecule has 0 amide bonds. The van der Waals surface area contributed by atoms with E-state index in [1.165, 1.54) is 25.6 Å². The summed E-state index contributed by atoms with van der Waals surface area (Å²) in [5.74, 6) is -0.205. The number of aliphatic hydroxyl groups excluding tert-OH is 1. The quantitative estimate of drug-likeness (QED) is 0.742. The number of hydrogen-bond acceptors (Lipinski definition) is 5. The molecule has 0 saturated carbocycles. The highest BCUT2D eigenvalue weighted by Gasteiger charge is 2.19. The predicted molar refractivity (Wildman–Crippen MR) is 52.4 cm³/mol. The minimum atomic E-state index is -1.31. The van der Waals surface area contributed by atoms with Crippen LogP contribution in [0.5, 0.6) is 5.75 Å². The van der Waals surface area contributed by atoms with Crippen LogP contribution in [0.25, 0.3) is 0 Å². The number of rotatable bonds is 4. The summed E-state index contributed by atoms with van der Waals surface area (Å²) in [5.41, 5.74) is 0.354. The summed E-state index contributed by atoms with van der Waals surface area (Å²) in [6.07, 6.45) is 1.57. The van der Waals surface area contributed by atoms with Crippen LogP contribution in [0.15, 0.2) is 18.5 Å². The molecule has 1 rings (SSSR count). The van der Waals surface area contributed by atoms with E-state index in [4.69, 9.17) is 4.74 Å².